The Hall–Kier alpha value is -2.31. The Bertz CT molecular complexity index is 829. The quantitative estimate of drug-likeness (QED) is 0.890. The molecule has 1 amide bonds. The fourth-order valence-electron chi connectivity index (χ4n) is 3.36. The summed E-state index contributed by atoms with van der Waals surface area (Å²) in [5.74, 6) is -1.03. The molecule has 1 unspecified atom stereocenters. The second kappa shape index (κ2) is 7.51. The zero-order chi connectivity index (χ0) is 18.8. The molecule has 2 aromatic rings. The van der Waals surface area contributed by atoms with Crippen molar-refractivity contribution in [3.8, 4) is 5.69 Å². The minimum atomic E-state index is -0.926. The normalized spacial score (nSPS) is 17.3. The molecule has 1 atom stereocenters. The summed E-state index contributed by atoms with van der Waals surface area (Å²) in [4.78, 5) is 25.6. The standard InChI is InChI=1S/C19H21ClN2O4/c1-12-9-17(13(2)22(12)15-5-3-14(20)4-6-15)19(25)21-7-8-26-16(11-21)10-18(23)24/h3-6,9,16H,7-8,10-11H2,1-2H3,(H,23,24). The van der Waals surface area contributed by atoms with Gasteiger partial charge in [-0.25, -0.2) is 0 Å². The third-order valence-corrected chi connectivity index (χ3v) is 4.83. The number of benzene rings is 1. The van der Waals surface area contributed by atoms with Gasteiger partial charge in [-0.15, -0.1) is 0 Å². The first-order valence-electron chi connectivity index (χ1n) is 8.44. The van der Waals surface area contributed by atoms with Crippen LogP contribution in [0, 0.1) is 13.8 Å². The van der Waals surface area contributed by atoms with E-state index in [1.54, 1.807) is 4.90 Å². The largest absolute Gasteiger partial charge is 0.481 e. The van der Waals surface area contributed by atoms with E-state index in [4.69, 9.17) is 21.4 Å². The van der Waals surface area contributed by atoms with E-state index in [9.17, 15) is 9.59 Å². The summed E-state index contributed by atoms with van der Waals surface area (Å²) in [6.07, 6.45) is -0.571. The van der Waals surface area contributed by atoms with Crippen molar-refractivity contribution in [1.82, 2.24) is 9.47 Å². The summed E-state index contributed by atoms with van der Waals surface area (Å²) < 4.78 is 7.46. The molecule has 0 bridgehead atoms. The zero-order valence-corrected chi connectivity index (χ0v) is 15.5. The average Bonchev–Trinajstić information content (AvgIpc) is 2.89. The number of rotatable bonds is 4. The molecule has 0 radical (unpaired) electrons. The molecule has 0 aliphatic carbocycles. The summed E-state index contributed by atoms with van der Waals surface area (Å²) in [7, 11) is 0. The number of hydrogen-bond donors (Lipinski definition) is 1. The Labute approximate surface area is 156 Å². The van der Waals surface area contributed by atoms with Crippen molar-refractivity contribution >= 4 is 23.5 Å². The van der Waals surface area contributed by atoms with Gasteiger partial charge in [0.25, 0.3) is 5.91 Å². The maximum absolute atomic E-state index is 13.0. The maximum atomic E-state index is 13.0. The molecule has 1 N–H and O–H groups in total. The lowest BCUT2D eigenvalue weighted by molar-refractivity contribution is -0.141. The Morgan fingerprint density at radius 1 is 1.27 bits per heavy atom. The van der Waals surface area contributed by atoms with Gasteiger partial charge in [0.15, 0.2) is 0 Å². The van der Waals surface area contributed by atoms with Crippen LogP contribution in [0.15, 0.2) is 30.3 Å². The van der Waals surface area contributed by atoms with Gasteiger partial charge >= 0.3 is 5.97 Å². The van der Waals surface area contributed by atoms with Crippen molar-refractivity contribution in [2.75, 3.05) is 19.7 Å². The first-order valence-corrected chi connectivity index (χ1v) is 8.82. The summed E-state index contributed by atoms with van der Waals surface area (Å²) in [6.45, 7) is 4.95. The van der Waals surface area contributed by atoms with Gasteiger partial charge in [0.05, 0.1) is 24.7 Å². The van der Waals surface area contributed by atoms with E-state index in [2.05, 4.69) is 0 Å². The van der Waals surface area contributed by atoms with Gasteiger partial charge in [-0.1, -0.05) is 11.6 Å². The van der Waals surface area contributed by atoms with Crippen molar-refractivity contribution in [3.05, 3.63) is 52.3 Å². The van der Waals surface area contributed by atoms with Crippen LogP contribution in [0.5, 0.6) is 0 Å². The molecule has 6 nitrogen and oxygen atoms in total. The van der Waals surface area contributed by atoms with Gasteiger partial charge in [-0.2, -0.15) is 0 Å². The van der Waals surface area contributed by atoms with E-state index in [-0.39, 0.29) is 18.9 Å². The van der Waals surface area contributed by atoms with Gasteiger partial charge in [-0.3, -0.25) is 9.59 Å². The number of aryl methyl sites for hydroxylation is 1. The van der Waals surface area contributed by atoms with Crippen molar-refractivity contribution in [3.63, 3.8) is 0 Å². The second-order valence-electron chi connectivity index (χ2n) is 6.44. The van der Waals surface area contributed by atoms with Crippen LogP contribution in [0.3, 0.4) is 0 Å². The number of aliphatic carboxylic acids is 1. The second-order valence-corrected chi connectivity index (χ2v) is 6.87. The van der Waals surface area contributed by atoms with Crippen LogP contribution < -0.4 is 0 Å². The summed E-state index contributed by atoms with van der Waals surface area (Å²) in [6, 6.07) is 9.32. The van der Waals surface area contributed by atoms with Crippen LogP contribution in [-0.2, 0) is 9.53 Å². The molecule has 2 heterocycles. The lowest BCUT2D eigenvalue weighted by Gasteiger charge is -2.32. The molecule has 0 saturated carbocycles. The lowest BCUT2D eigenvalue weighted by Crippen LogP contribution is -2.46. The predicted octanol–water partition coefficient (Wildman–Crippen LogP) is 3.06. The number of morpholine rings is 1. The summed E-state index contributed by atoms with van der Waals surface area (Å²) in [5.41, 5.74) is 3.35. The molecule has 1 aromatic heterocycles. The average molecular weight is 377 g/mol. The fraction of sp³-hybridized carbons (Fsp3) is 0.368. The van der Waals surface area contributed by atoms with Crippen molar-refractivity contribution in [2.45, 2.75) is 26.4 Å². The number of carboxylic acid groups (broad SMARTS) is 1. The third kappa shape index (κ3) is 3.76. The van der Waals surface area contributed by atoms with E-state index in [0.717, 1.165) is 17.1 Å². The summed E-state index contributed by atoms with van der Waals surface area (Å²) >= 11 is 5.96. The number of carbonyl (C=O) groups is 2. The van der Waals surface area contributed by atoms with Crippen LogP contribution in [0.25, 0.3) is 5.69 Å². The first-order chi connectivity index (χ1) is 12.4. The first kappa shape index (κ1) is 18.5. The Kier molecular flexibility index (Phi) is 5.34. The van der Waals surface area contributed by atoms with Gasteiger partial charge in [0.2, 0.25) is 0 Å². The third-order valence-electron chi connectivity index (χ3n) is 4.57. The lowest BCUT2D eigenvalue weighted by atomic mass is 10.1. The summed E-state index contributed by atoms with van der Waals surface area (Å²) in [5, 5.41) is 9.60. The minimum Gasteiger partial charge on any atom is -0.481 e. The Morgan fingerprint density at radius 3 is 2.62 bits per heavy atom. The van der Waals surface area contributed by atoms with Crippen LogP contribution >= 0.6 is 11.6 Å². The molecule has 3 rings (SSSR count). The number of carbonyl (C=O) groups excluding carboxylic acids is 1. The zero-order valence-electron chi connectivity index (χ0n) is 14.7. The molecule has 1 aromatic carbocycles. The minimum absolute atomic E-state index is 0.1000. The van der Waals surface area contributed by atoms with E-state index >= 15 is 0 Å². The van der Waals surface area contributed by atoms with Crippen LogP contribution in [0.1, 0.15) is 28.2 Å². The number of carboxylic acids is 1. The van der Waals surface area contributed by atoms with E-state index in [1.807, 2.05) is 48.7 Å². The highest BCUT2D eigenvalue weighted by Crippen LogP contribution is 2.24. The van der Waals surface area contributed by atoms with Crippen molar-refractivity contribution in [2.24, 2.45) is 0 Å². The van der Waals surface area contributed by atoms with Crippen molar-refractivity contribution in [1.29, 1.82) is 0 Å². The maximum Gasteiger partial charge on any atom is 0.306 e. The number of aromatic nitrogens is 1. The molecule has 1 aliphatic heterocycles. The van der Waals surface area contributed by atoms with E-state index < -0.39 is 12.1 Å². The van der Waals surface area contributed by atoms with Crippen LogP contribution in [-0.4, -0.2) is 52.3 Å². The van der Waals surface area contributed by atoms with E-state index in [0.29, 0.717) is 23.7 Å². The van der Waals surface area contributed by atoms with Gasteiger partial charge < -0.3 is 19.3 Å². The number of amides is 1. The molecular formula is C19H21ClN2O4. The Morgan fingerprint density at radius 2 is 1.96 bits per heavy atom. The highest BCUT2D eigenvalue weighted by atomic mass is 35.5. The molecule has 138 valence electrons. The van der Waals surface area contributed by atoms with Crippen LogP contribution in [0.4, 0.5) is 0 Å². The Balaban J connectivity index is 1.85. The SMILES string of the molecule is Cc1cc(C(=O)N2CCOC(CC(=O)O)C2)c(C)n1-c1ccc(Cl)cc1. The number of hydrogen-bond acceptors (Lipinski definition) is 3. The van der Waals surface area contributed by atoms with Gasteiger partial charge in [0, 0.05) is 35.2 Å². The highest BCUT2D eigenvalue weighted by Gasteiger charge is 2.28. The topological polar surface area (TPSA) is 71.8 Å². The molecule has 0 spiro atoms. The van der Waals surface area contributed by atoms with Crippen molar-refractivity contribution < 1.29 is 19.4 Å². The smallest absolute Gasteiger partial charge is 0.306 e. The molecule has 7 heteroatoms. The highest BCUT2D eigenvalue weighted by molar-refractivity contribution is 6.30. The van der Waals surface area contributed by atoms with Gasteiger partial charge in [-0.05, 0) is 44.2 Å². The van der Waals surface area contributed by atoms with Crippen LogP contribution in [0.2, 0.25) is 5.02 Å². The van der Waals surface area contributed by atoms with Gasteiger partial charge in [0.1, 0.15) is 0 Å². The number of halogens is 1. The fourth-order valence-corrected chi connectivity index (χ4v) is 3.49. The molecule has 26 heavy (non-hydrogen) atoms. The molecule has 1 fully saturated rings. The molecule has 1 saturated heterocycles. The predicted molar refractivity (Wildman–Crippen MR) is 98.1 cm³/mol. The molecule has 1 aliphatic rings. The van der Waals surface area contributed by atoms with E-state index in [1.165, 1.54) is 0 Å². The monoisotopic (exact) mass is 376 g/mol. The molecular weight excluding hydrogens is 356 g/mol. The number of nitrogens with zero attached hydrogens (tertiary/aromatic N) is 2. The number of ether oxygens (including phenoxy) is 1.